The van der Waals surface area contributed by atoms with Crippen molar-refractivity contribution in [2.45, 2.75) is 13.3 Å². The van der Waals surface area contributed by atoms with Crippen molar-refractivity contribution >= 4 is 27.7 Å². The van der Waals surface area contributed by atoms with Gasteiger partial charge in [0.1, 0.15) is 6.26 Å². The van der Waals surface area contributed by atoms with Gasteiger partial charge < -0.3 is 9.52 Å². The molecule has 0 bridgehead atoms. The zero-order valence-corrected chi connectivity index (χ0v) is 9.08. The lowest BCUT2D eigenvalue weighted by Crippen LogP contribution is -2.14. The topological polar surface area (TPSA) is 67.5 Å². The zero-order valence-electron chi connectivity index (χ0n) is 7.49. The molecule has 1 N–H and O–H groups in total. The van der Waals surface area contributed by atoms with Crippen LogP contribution in [0.3, 0.4) is 0 Å². The molecule has 0 fully saturated rings. The molecule has 0 saturated carbocycles. The van der Waals surface area contributed by atoms with Gasteiger partial charge in [0.2, 0.25) is 0 Å². The van der Waals surface area contributed by atoms with Crippen LogP contribution in [0.5, 0.6) is 0 Å². The second-order valence-electron chi connectivity index (χ2n) is 3.00. The molecule has 14 heavy (non-hydrogen) atoms. The first-order chi connectivity index (χ1) is 6.50. The highest BCUT2D eigenvalue weighted by molar-refractivity contribution is 9.10. The maximum atomic E-state index is 11.4. The van der Waals surface area contributed by atoms with Crippen LogP contribution >= 0.6 is 15.9 Å². The molecule has 0 aliphatic rings. The van der Waals surface area contributed by atoms with Gasteiger partial charge >= 0.3 is 5.97 Å². The summed E-state index contributed by atoms with van der Waals surface area (Å²) < 4.78 is 5.59. The van der Waals surface area contributed by atoms with Crippen LogP contribution in [-0.2, 0) is 4.79 Å². The summed E-state index contributed by atoms with van der Waals surface area (Å²) in [7, 11) is 0. The van der Waals surface area contributed by atoms with Gasteiger partial charge in [0.05, 0.1) is 10.4 Å². The van der Waals surface area contributed by atoms with E-state index in [0.717, 1.165) is 0 Å². The van der Waals surface area contributed by atoms with Gasteiger partial charge in [-0.05, 0) is 15.9 Å². The third kappa shape index (κ3) is 2.70. The molecular formula is C9H9BrO4. The first kappa shape index (κ1) is 11.0. The van der Waals surface area contributed by atoms with Crippen molar-refractivity contribution in [2.75, 3.05) is 0 Å². The first-order valence-corrected chi connectivity index (χ1v) is 4.80. The van der Waals surface area contributed by atoms with E-state index in [9.17, 15) is 9.59 Å². The normalized spacial score (nSPS) is 12.4. The number of carbonyl (C=O) groups is 2. The van der Waals surface area contributed by atoms with Crippen LogP contribution in [0.15, 0.2) is 21.2 Å². The summed E-state index contributed by atoms with van der Waals surface area (Å²) in [6, 6.07) is 1.52. The highest BCUT2D eigenvalue weighted by atomic mass is 79.9. The van der Waals surface area contributed by atoms with Crippen LogP contribution in [0.1, 0.15) is 23.9 Å². The predicted molar refractivity (Wildman–Crippen MR) is 52.2 cm³/mol. The molecule has 5 heteroatoms. The summed E-state index contributed by atoms with van der Waals surface area (Å²) in [5, 5.41) is 8.59. The third-order valence-electron chi connectivity index (χ3n) is 1.76. The smallest absolute Gasteiger partial charge is 0.306 e. The summed E-state index contributed by atoms with van der Waals surface area (Å²) in [6.45, 7) is 1.48. The molecule has 0 aliphatic carbocycles. The molecule has 76 valence electrons. The number of carbonyl (C=O) groups excluding carboxylic acids is 1. The second-order valence-corrected chi connectivity index (χ2v) is 3.91. The number of hydrogen-bond acceptors (Lipinski definition) is 3. The van der Waals surface area contributed by atoms with E-state index in [1.54, 1.807) is 0 Å². The summed E-state index contributed by atoms with van der Waals surface area (Å²) in [4.78, 5) is 21.9. The van der Waals surface area contributed by atoms with E-state index < -0.39 is 11.9 Å². The minimum absolute atomic E-state index is 0.0463. The van der Waals surface area contributed by atoms with Crippen molar-refractivity contribution in [3.05, 3.63) is 22.6 Å². The van der Waals surface area contributed by atoms with E-state index in [0.29, 0.717) is 4.47 Å². The Morgan fingerprint density at radius 3 is 2.71 bits per heavy atom. The summed E-state index contributed by atoms with van der Waals surface area (Å²) in [6.07, 6.45) is 1.34. The van der Waals surface area contributed by atoms with Crippen molar-refractivity contribution in [2.24, 2.45) is 5.92 Å². The molecule has 1 aromatic rings. The number of rotatable bonds is 4. The fourth-order valence-electron chi connectivity index (χ4n) is 0.925. The van der Waals surface area contributed by atoms with E-state index in [1.165, 1.54) is 19.3 Å². The monoisotopic (exact) mass is 260 g/mol. The van der Waals surface area contributed by atoms with Gasteiger partial charge in [0.15, 0.2) is 11.5 Å². The maximum Gasteiger partial charge on any atom is 0.306 e. The second kappa shape index (κ2) is 4.41. The van der Waals surface area contributed by atoms with Crippen LogP contribution in [0, 0.1) is 5.92 Å². The molecule has 0 saturated heterocycles. The number of furan rings is 1. The third-order valence-corrected chi connectivity index (χ3v) is 2.17. The molecule has 0 aliphatic heterocycles. The largest absolute Gasteiger partial charge is 0.481 e. The fourth-order valence-corrected chi connectivity index (χ4v) is 1.23. The Hall–Kier alpha value is -1.10. The average molecular weight is 261 g/mol. The lowest BCUT2D eigenvalue weighted by molar-refractivity contribution is -0.141. The number of ketones is 1. The van der Waals surface area contributed by atoms with Crippen molar-refractivity contribution in [3.63, 3.8) is 0 Å². The molecule has 1 heterocycles. The van der Waals surface area contributed by atoms with Gasteiger partial charge in [-0.3, -0.25) is 9.59 Å². The van der Waals surface area contributed by atoms with Crippen LogP contribution in [0.4, 0.5) is 0 Å². The number of carboxylic acids is 1. The highest BCUT2D eigenvalue weighted by Gasteiger charge is 2.19. The van der Waals surface area contributed by atoms with Gasteiger partial charge in [-0.25, -0.2) is 0 Å². The molecule has 4 nitrogen and oxygen atoms in total. The van der Waals surface area contributed by atoms with Crippen molar-refractivity contribution in [3.8, 4) is 0 Å². The van der Waals surface area contributed by atoms with Gasteiger partial charge in [-0.2, -0.15) is 0 Å². The van der Waals surface area contributed by atoms with E-state index in [1.807, 2.05) is 0 Å². The SMILES string of the molecule is CC(CC(=O)c1cc(Br)co1)C(=O)O. The standard InChI is InChI=1S/C9H9BrO4/c1-5(9(12)13)2-7(11)8-3-6(10)4-14-8/h3-5H,2H2,1H3,(H,12,13). The molecule has 0 radical (unpaired) electrons. The minimum Gasteiger partial charge on any atom is -0.481 e. The molecule has 1 rings (SSSR count). The molecular weight excluding hydrogens is 252 g/mol. The summed E-state index contributed by atoms with van der Waals surface area (Å²) >= 11 is 3.13. The first-order valence-electron chi connectivity index (χ1n) is 4.00. The number of Topliss-reactive ketones (excluding diaryl/α,β-unsaturated/α-hetero) is 1. The lowest BCUT2D eigenvalue weighted by Gasteiger charge is -2.02. The highest BCUT2D eigenvalue weighted by Crippen LogP contribution is 2.17. The molecule has 0 spiro atoms. The Labute approximate surface area is 89.0 Å². The van der Waals surface area contributed by atoms with Crippen LogP contribution < -0.4 is 0 Å². The molecule has 1 unspecified atom stereocenters. The van der Waals surface area contributed by atoms with Gasteiger partial charge in [-0.1, -0.05) is 6.92 Å². The van der Waals surface area contributed by atoms with Crippen LogP contribution in [0.2, 0.25) is 0 Å². The lowest BCUT2D eigenvalue weighted by atomic mass is 10.0. The van der Waals surface area contributed by atoms with Crippen LogP contribution in [-0.4, -0.2) is 16.9 Å². The van der Waals surface area contributed by atoms with E-state index in [-0.39, 0.29) is 18.0 Å². The fraction of sp³-hybridized carbons (Fsp3) is 0.333. The average Bonchev–Trinajstić information content (AvgIpc) is 2.51. The Kier molecular flexibility index (Phi) is 3.46. The number of aliphatic carboxylic acids is 1. The van der Waals surface area contributed by atoms with Gasteiger partial charge in [-0.15, -0.1) is 0 Å². The van der Waals surface area contributed by atoms with Crippen molar-refractivity contribution in [1.29, 1.82) is 0 Å². The predicted octanol–water partition coefficient (Wildman–Crippen LogP) is 2.34. The summed E-state index contributed by atoms with van der Waals surface area (Å²) in [5.41, 5.74) is 0. The van der Waals surface area contributed by atoms with Crippen molar-refractivity contribution < 1.29 is 19.1 Å². The summed E-state index contributed by atoms with van der Waals surface area (Å²) in [5.74, 6) is -1.79. The molecule has 0 amide bonds. The molecule has 1 aromatic heterocycles. The molecule has 1 atom stereocenters. The maximum absolute atomic E-state index is 11.4. The molecule has 0 aromatic carbocycles. The Morgan fingerprint density at radius 2 is 2.29 bits per heavy atom. The number of hydrogen-bond donors (Lipinski definition) is 1. The number of carboxylic acid groups (broad SMARTS) is 1. The van der Waals surface area contributed by atoms with Gasteiger partial charge in [0.25, 0.3) is 0 Å². The van der Waals surface area contributed by atoms with Gasteiger partial charge in [0, 0.05) is 12.5 Å². The Morgan fingerprint density at radius 1 is 1.64 bits per heavy atom. The van der Waals surface area contributed by atoms with Crippen LogP contribution in [0.25, 0.3) is 0 Å². The number of halogens is 1. The quantitative estimate of drug-likeness (QED) is 0.844. The Bertz CT molecular complexity index is 355. The Balaban J connectivity index is 2.63. The van der Waals surface area contributed by atoms with E-state index >= 15 is 0 Å². The van der Waals surface area contributed by atoms with E-state index in [4.69, 9.17) is 9.52 Å². The van der Waals surface area contributed by atoms with Crippen molar-refractivity contribution in [1.82, 2.24) is 0 Å². The zero-order chi connectivity index (χ0) is 10.7. The van der Waals surface area contributed by atoms with E-state index in [2.05, 4.69) is 15.9 Å². The minimum atomic E-state index is -0.982.